The number of morpholine rings is 1. The first-order valence-corrected chi connectivity index (χ1v) is 9.36. The second-order valence-corrected chi connectivity index (χ2v) is 6.99. The van der Waals surface area contributed by atoms with E-state index in [0.717, 1.165) is 36.8 Å². The molecule has 8 nitrogen and oxygen atoms in total. The number of nitrogens with one attached hydrogen (secondary N) is 2. The van der Waals surface area contributed by atoms with Crippen molar-refractivity contribution in [2.45, 2.75) is 39.5 Å². The molecule has 1 saturated heterocycles. The molecule has 2 aromatic heterocycles. The Morgan fingerprint density at radius 3 is 2.70 bits per heavy atom. The fourth-order valence-corrected chi connectivity index (χ4v) is 3.36. The number of aryl methyl sites for hydroxylation is 1. The van der Waals surface area contributed by atoms with Crippen LogP contribution in [0.1, 0.15) is 25.2 Å². The Labute approximate surface area is 159 Å². The van der Waals surface area contributed by atoms with Gasteiger partial charge in [0.1, 0.15) is 11.6 Å². The van der Waals surface area contributed by atoms with Crippen LogP contribution in [0.3, 0.4) is 0 Å². The number of ether oxygens (including phenoxy) is 1. The maximum atomic E-state index is 12.1. The average Bonchev–Trinajstić information content (AvgIpc) is 3.05. The number of urea groups is 1. The first kappa shape index (κ1) is 19.3. The third kappa shape index (κ3) is 5.51. The van der Waals surface area contributed by atoms with Crippen LogP contribution in [0.4, 0.5) is 4.79 Å². The van der Waals surface area contributed by atoms with Crippen LogP contribution in [0.25, 0.3) is 5.82 Å². The van der Waals surface area contributed by atoms with E-state index in [1.807, 2.05) is 29.8 Å². The molecular weight excluding hydrogens is 344 g/mol. The number of aromatic nitrogens is 3. The van der Waals surface area contributed by atoms with E-state index in [9.17, 15) is 4.79 Å². The van der Waals surface area contributed by atoms with Crippen molar-refractivity contribution in [3.63, 3.8) is 0 Å². The molecule has 2 aromatic rings. The van der Waals surface area contributed by atoms with Gasteiger partial charge in [-0.3, -0.25) is 9.47 Å². The molecule has 2 atom stereocenters. The maximum Gasteiger partial charge on any atom is 0.315 e. The number of carbonyl (C=O) groups is 1. The summed E-state index contributed by atoms with van der Waals surface area (Å²) >= 11 is 0. The lowest BCUT2D eigenvalue weighted by Gasteiger charge is -2.35. The molecular formula is C19H28N6O2. The van der Waals surface area contributed by atoms with Crippen LogP contribution in [0, 0.1) is 6.92 Å². The van der Waals surface area contributed by atoms with Crippen molar-refractivity contribution in [1.29, 1.82) is 0 Å². The fourth-order valence-electron chi connectivity index (χ4n) is 3.36. The summed E-state index contributed by atoms with van der Waals surface area (Å²) in [6, 6.07) is 3.68. The number of pyridine rings is 1. The molecule has 2 N–H and O–H groups in total. The third-order valence-electron chi connectivity index (χ3n) is 4.54. The molecule has 2 unspecified atom stereocenters. The van der Waals surface area contributed by atoms with Gasteiger partial charge in [-0.1, -0.05) is 0 Å². The first-order chi connectivity index (χ1) is 13.0. The highest BCUT2D eigenvalue weighted by Gasteiger charge is 2.21. The second-order valence-electron chi connectivity index (χ2n) is 6.99. The summed E-state index contributed by atoms with van der Waals surface area (Å²) in [5.41, 5.74) is 0.985. The summed E-state index contributed by atoms with van der Waals surface area (Å²) in [7, 11) is 0. The fraction of sp³-hybridized carbons (Fsp3) is 0.526. The molecule has 8 heteroatoms. The Balaban J connectivity index is 1.42. The van der Waals surface area contributed by atoms with Gasteiger partial charge in [0.2, 0.25) is 0 Å². The van der Waals surface area contributed by atoms with E-state index in [2.05, 4.69) is 39.3 Å². The molecule has 0 radical (unpaired) electrons. The molecule has 3 heterocycles. The van der Waals surface area contributed by atoms with Crippen molar-refractivity contribution in [2.24, 2.45) is 0 Å². The molecule has 0 bridgehead atoms. The number of hydrogen-bond donors (Lipinski definition) is 2. The van der Waals surface area contributed by atoms with Crippen LogP contribution >= 0.6 is 0 Å². The number of imidazole rings is 1. The molecule has 1 fully saturated rings. The predicted molar refractivity (Wildman–Crippen MR) is 103 cm³/mol. The number of hydrogen-bond acceptors (Lipinski definition) is 5. The summed E-state index contributed by atoms with van der Waals surface area (Å²) in [5, 5.41) is 5.81. The van der Waals surface area contributed by atoms with Gasteiger partial charge < -0.3 is 15.4 Å². The zero-order valence-corrected chi connectivity index (χ0v) is 16.2. The van der Waals surface area contributed by atoms with E-state index in [0.29, 0.717) is 13.1 Å². The molecule has 3 rings (SSSR count). The Kier molecular flexibility index (Phi) is 6.41. The minimum absolute atomic E-state index is 0.165. The van der Waals surface area contributed by atoms with Crippen molar-refractivity contribution in [3.05, 3.63) is 42.1 Å². The van der Waals surface area contributed by atoms with Crippen LogP contribution in [0.15, 0.2) is 30.7 Å². The van der Waals surface area contributed by atoms with E-state index in [1.54, 1.807) is 12.4 Å². The smallest absolute Gasteiger partial charge is 0.315 e. The maximum absolute atomic E-state index is 12.1. The van der Waals surface area contributed by atoms with Crippen LogP contribution in [0.2, 0.25) is 0 Å². The van der Waals surface area contributed by atoms with Crippen LogP contribution in [-0.4, -0.2) is 63.9 Å². The number of nitrogens with zero attached hydrogens (tertiary/aromatic N) is 4. The molecule has 0 aliphatic carbocycles. The van der Waals surface area contributed by atoms with Crippen LogP contribution in [-0.2, 0) is 11.3 Å². The summed E-state index contributed by atoms with van der Waals surface area (Å²) in [4.78, 5) is 23.0. The lowest BCUT2D eigenvalue weighted by molar-refractivity contribution is -0.0672. The van der Waals surface area contributed by atoms with Crippen LogP contribution in [0.5, 0.6) is 0 Å². The second kappa shape index (κ2) is 8.96. The van der Waals surface area contributed by atoms with Crippen molar-refractivity contribution in [3.8, 4) is 5.82 Å². The highest BCUT2D eigenvalue weighted by molar-refractivity contribution is 5.73. The molecule has 0 spiro atoms. The third-order valence-corrected chi connectivity index (χ3v) is 4.54. The van der Waals surface area contributed by atoms with Gasteiger partial charge in [-0.2, -0.15) is 0 Å². The molecule has 1 aliphatic heterocycles. The summed E-state index contributed by atoms with van der Waals surface area (Å²) in [6.07, 6.45) is 5.83. The molecule has 27 heavy (non-hydrogen) atoms. The quantitative estimate of drug-likeness (QED) is 0.802. The van der Waals surface area contributed by atoms with Gasteiger partial charge in [0, 0.05) is 51.3 Å². The Bertz CT molecular complexity index is 752. The standard InChI is InChI=1S/C19H28N6O2/c1-14-12-24(13-15(2)27-14)8-6-22-19(26)23-11-17-4-5-21-18(10-17)25-9-7-20-16(25)3/h4-5,7,9-10,14-15H,6,8,11-13H2,1-3H3,(H2,22,23,26). The number of rotatable bonds is 6. The molecule has 0 aromatic carbocycles. The monoisotopic (exact) mass is 372 g/mol. The molecule has 0 saturated carbocycles. The van der Waals surface area contributed by atoms with Crippen molar-refractivity contribution < 1.29 is 9.53 Å². The number of carbonyl (C=O) groups excluding carboxylic acids is 1. The van der Waals surface area contributed by atoms with Gasteiger partial charge in [0.15, 0.2) is 0 Å². The molecule has 1 aliphatic rings. The van der Waals surface area contributed by atoms with Crippen LogP contribution < -0.4 is 10.6 Å². The van der Waals surface area contributed by atoms with Gasteiger partial charge in [-0.25, -0.2) is 14.8 Å². The van der Waals surface area contributed by atoms with Gasteiger partial charge in [-0.15, -0.1) is 0 Å². The van der Waals surface area contributed by atoms with E-state index in [-0.39, 0.29) is 18.2 Å². The highest BCUT2D eigenvalue weighted by atomic mass is 16.5. The zero-order chi connectivity index (χ0) is 19.2. The van der Waals surface area contributed by atoms with Crippen molar-refractivity contribution in [2.75, 3.05) is 26.2 Å². The number of amides is 2. The Hall–Kier alpha value is -2.45. The van der Waals surface area contributed by atoms with Crippen molar-refractivity contribution in [1.82, 2.24) is 30.1 Å². The van der Waals surface area contributed by atoms with Crippen molar-refractivity contribution >= 4 is 6.03 Å². The lowest BCUT2D eigenvalue weighted by Crippen LogP contribution is -2.48. The minimum atomic E-state index is -0.165. The SMILES string of the molecule is Cc1nccn1-c1cc(CNC(=O)NCCN2CC(C)OC(C)C2)ccn1. The van der Waals surface area contributed by atoms with Gasteiger partial charge >= 0.3 is 6.03 Å². The Morgan fingerprint density at radius 2 is 2.00 bits per heavy atom. The molecule has 146 valence electrons. The normalized spacial score (nSPS) is 20.4. The van der Waals surface area contributed by atoms with E-state index in [1.165, 1.54) is 0 Å². The molecule has 2 amide bonds. The summed E-state index contributed by atoms with van der Waals surface area (Å²) in [5.74, 6) is 1.66. The Morgan fingerprint density at radius 1 is 1.22 bits per heavy atom. The van der Waals surface area contributed by atoms with E-state index < -0.39 is 0 Å². The van der Waals surface area contributed by atoms with E-state index >= 15 is 0 Å². The summed E-state index contributed by atoms with van der Waals surface area (Å²) in [6.45, 7) is 9.78. The van der Waals surface area contributed by atoms with Gasteiger partial charge in [-0.05, 0) is 38.5 Å². The minimum Gasteiger partial charge on any atom is -0.373 e. The topological polar surface area (TPSA) is 84.3 Å². The highest BCUT2D eigenvalue weighted by Crippen LogP contribution is 2.10. The first-order valence-electron chi connectivity index (χ1n) is 9.36. The van der Waals surface area contributed by atoms with Gasteiger partial charge in [0.05, 0.1) is 12.2 Å². The van der Waals surface area contributed by atoms with Gasteiger partial charge in [0.25, 0.3) is 0 Å². The van der Waals surface area contributed by atoms with E-state index in [4.69, 9.17) is 4.74 Å². The predicted octanol–water partition coefficient (Wildman–Crippen LogP) is 1.48. The lowest BCUT2D eigenvalue weighted by atomic mass is 10.2. The summed E-state index contributed by atoms with van der Waals surface area (Å²) < 4.78 is 7.63. The average molecular weight is 372 g/mol. The largest absolute Gasteiger partial charge is 0.373 e. The zero-order valence-electron chi connectivity index (χ0n) is 16.2.